The summed E-state index contributed by atoms with van der Waals surface area (Å²) in [5.41, 5.74) is -0.527. The second-order valence-corrected chi connectivity index (χ2v) is 5.78. The number of benzene rings is 2. The smallest absolute Gasteiger partial charge is 0.360 e. The standard InChI is InChI=1S/C19H15F3N2O2/c20-19(21,22)13-6-7-14-16(10-13)24-11-15(17(14)25)18(26)23-9-8-12-4-2-1-3-5-12/h1-7,10-11H,8-9H2,(H,23,26)(H,24,25). The summed E-state index contributed by atoms with van der Waals surface area (Å²) in [6, 6.07) is 12.3. The lowest BCUT2D eigenvalue weighted by Crippen LogP contribution is -2.30. The molecule has 1 amide bonds. The molecule has 4 nitrogen and oxygen atoms in total. The van der Waals surface area contributed by atoms with Crippen LogP contribution in [0.2, 0.25) is 0 Å². The number of hydrogen-bond acceptors (Lipinski definition) is 2. The fraction of sp³-hybridized carbons (Fsp3) is 0.158. The second-order valence-electron chi connectivity index (χ2n) is 5.78. The van der Waals surface area contributed by atoms with Crippen LogP contribution in [-0.2, 0) is 12.6 Å². The number of hydrogen-bond donors (Lipinski definition) is 2. The minimum absolute atomic E-state index is 0.0330. The van der Waals surface area contributed by atoms with E-state index < -0.39 is 23.1 Å². The Hall–Kier alpha value is -3.09. The van der Waals surface area contributed by atoms with Crippen LogP contribution in [0.1, 0.15) is 21.5 Å². The number of rotatable bonds is 4. The predicted octanol–water partition coefficient (Wildman–Crippen LogP) is 3.52. The molecular formula is C19H15F3N2O2. The fourth-order valence-corrected chi connectivity index (χ4v) is 2.63. The number of amides is 1. The molecular weight excluding hydrogens is 345 g/mol. The van der Waals surface area contributed by atoms with Crippen LogP contribution >= 0.6 is 0 Å². The molecule has 3 aromatic rings. The van der Waals surface area contributed by atoms with Crippen molar-refractivity contribution in [3.8, 4) is 0 Å². The maximum atomic E-state index is 12.7. The molecule has 1 aromatic heterocycles. The Morgan fingerprint density at radius 2 is 1.81 bits per heavy atom. The molecule has 0 radical (unpaired) electrons. The third-order valence-electron chi connectivity index (χ3n) is 3.99. The third kappa shape index (κ3) is 3.77. The Kier molecular flexibility index (Phi) is 4.79. The van der Waals surface area contributed by atoms with Crippen LogP contribution in [0.25, 0.3) is 10.9 Å². The summed E-state index contributed by atoms with van der Waals surface area (Å²) < 4.78 is 38.2. The van der Waals surface area contributed by atoms with E-state index in [9.17, 15) is 22.8 Å². The monoisotopic (exact) mass is 360 g/mol. The summed E-state index contributed by atoms with van der Waals surface area (Å²) in [6.07, 6.45) is -2.76. The molecule has 7 heteroatoms. The molecule has 0 aliphatic carbocycles. The van der Waals surface area contributed by atoms with Gasteiger partial charge in [-0.2, -0.15) is 13.2 Å². The summed E-state index contributed by atoms with van der Waals surface area (Å²) in [4.78, 5) is 27.2. The molecule has 134 valence electrons. The Morgan fingerprint density at radius 3 is 2.50 bits per heavy atom. The second kappa shape index (κ2) is 7.03. The zero-order valence-corrected chi connectivity index (χ0v) is 13.6. The van der Waals surface area contributed by atoms with E-state index in [0.29, 0.717) is 13.0 Å². The number of pyridine rings is 1. The van der Waals surface area contributed by atoms with Gasteiger partial charge >= 0.3 is 6.18 Å². The SMILES string of the molecule is O=C(NCCc1ccccc1)c1c[nH]c2cc(C(F)(F)F)ccc2c1=O. The van der Waals surface area contributed by atoms with Crippen molar-refractivity contribution in [2.75, 3.05) is 6.54 Å². The first kappa shape index (κ1) is 17.7. The molecule has 0 fully saturated rings. The summed E-state index contributed by atoms with van der Waals surface area (Å²) in [7, 11) is 0. The highest BCUT2D eigenvalue weighted by molar-refractivity contribution is 5.97. The molecule has 0 aliphatic rings. The highest BCUT2D eigenvalue weighted by Gasteiger charge is 2.30. The van der Waals surface area contributed by atoms with Crippen LogP contribution in [0.4, 0.5) is 13.2 Å². The first-order chi connectivity index (χ1) is 12.4. The van der Waals surface area contributed by atoms with Gasteiger partial charge in [-0.1, -0.05) is 30.3 Å². The lowest BCUT2D eigenvalue weighted by atomic mass is 10.1. The molecule has 2 N–H and O–H groups in total. The highest BCUT2D eigenvalue weighted by atomic mass is 19.4. The molecule has 3 rings (SSSR count). The van der Waals surface area contributed by atoms with Gasteiger partial charge in [0.15, 0.2) is 0 Å². The Balaban J connectivity index is 1.78. The first-order valence-corrected chi connectivity index (χ1v) is 7.91. The lowest BCUT2D eigenvalue weighted by Gasteiger charge is -2.09. The number of fused-ring (bicyclic) bond motifs is 1. The Bertz CT molecular complexity index is 995. The highest BCUT2D eigenvalue weighted by Crippen LogP contribution is 2.30. The molecule has 0 saturated heterocycles. The van der Waals surface area contributed by atoms with Crippen LogP contribution in [-0.4, -0.2) is 17.4 Å². The van der Waals surface area contributed by atoms with Crippen LogP contribution in [0.5, 0.6) is 0 Å². The van der Waals surface area contributed by atoms with Gasteiger partial charge < -0.3 is 10.3 Å². The van der Waals surface area contributed by atoms with Crippen molar-refractivity contribution in [1.82, 2.24) is 10.3 Å². The average Bonchev–Trinajstić information content (AvgIpc) is 2.62. The Morgan fingerprint density at radius 1 is 1.08 bits per heavy atom. The molecule has 2 aromatic carbocycles. The van der Waals surface area contributed by atoms with Gasteiger partial charge in [-0.05, 0) is 30.2 Å². The van der Waals surface area contributed by atoms with Gasteiger partial charge in [-0.3, -0.25) is 9.59 Å². The van der Waals surface area contributed by atoms with Crippen molar-refractivity contribution in [3.63, 3.8) is 0 Å². The van der Waals surface area contributed by atoms with Crippen LogP contribution in [0.3, 0.4) is 0 Å². The third-order valence-corrected chi connectivity index (χ3v) is 3.99. The van der Waals surface area contributed by atoms with E-state index in [1.807, 2.05) is 30.3 Å². The predicted molar refractivity (Wildman–Crippen MR) is 92.0 cm³/mol. The lowest BCUT2D eigenvalue weighted by molar-refractivity contribution is -0.137. The number of H-pyrrole nitrogens is 1. The minimum Gasteiger partial charge on any atom is -0.360 e. The number of halogens is 3. The van der Waals surface area contributed by atoms with E-state index in [0.717, 1.165) is 30.0 Å². The quantitative estimate of drug-likeness (QED) is 0.748. The number of alkyl halides is 3. The van der Waals surface area contributed by atoms with E-state index in [-0.39, 0.29) is 16.5 Å². The van der Waals surface area contributed by atoms with E-state index in [2.05, 4.69) is 10.3 Å². The van der Waals surface area contributed by atoms with Gasteiger partial charge in [0.1, 0.15) is 5.56 Å². The summed E-state index contributed by atoms with van der Waals surface area (Å²) >= 11 is 0. The topological polar surface area (TPSA) is 62.0 Å². The van der Waals surface area contributed by atoms with Crippen molar-refractivity contribution in [2.45, 2.75) is 12.6 Å². The number of carbonyl (C=O) groups is 1. The fourth-order valence-electron chi connectivity index (χ4n) is 2.63. The van der Waals surface area contributed by atoms with Crippen molar-refractivity contribution in [3.05, 3.63) is 81.6 Å². The van der Waals surface area contributed by atoms with Gasteiger partial charge in [0.2, 0.25) is 5.43 Å². The molecule has 0 aliphatic heterocycles. The van der Waals surface area contributed by atoms with Gasteiger partial charge in [0.25, 0.3) is 5.91 Å². The maximum absolute atomic E-state index is 12.7. The number of aromatic nitrogens is 1. The van der Waals surface area contributed by atoms with Gasteiger partial charge in [0, 0.05) is 23.6 Å². The van der Waals surface area contributed by atoms with Crippen molar-refractivity contribution in [1.29, 1.82) is 0 Å². The van der Waals surface area contributed by atoms with Crippen LogP contribution in [0, 0.1) is 0 Å². The maximum Gasteiger partial charge on any atom is 0.416 e. The zero-order valence-electron chi connectivity index (χ0n) is 13.6. The normalized spacial score (nSPS) is 11.5. The van der Waals surface area contributed by atoms with E-state index in [1.165, 1.54) is 0 Å². The van der Waals surface area contributed by atoms with Gasteiger partial charge in [-0.15, -0.1) is 0 Å². The summed E-state index contributed by atoms with van der Waals surface area (Å²) in [5.74, 6) is -0.566. The first-order valence-electron chi connectivity index (χ1n) is 7.91. The van der Waals surface area contributed by atoms with Crippen molar-refractivity contribution >= 4 is 16.8 Å². The molecule has 0 atom stereocenters. The molecule has 0 spiro atoms. The molecule has 26 heavy (non-hydrogen) atoms. The summed E-state index contributed by atoms with van der Waals surface area (Å²) in [5, 5.41) is 2.69. The number of nitrogens with one attached hydrogen (secondary N) is 2. The van der Waals surface area contributed by atoms with Gasteiger partial charge in [0.05, 0.1) is 5.56 Å². The summed E-state index contributed by atoms with van der Waals surface area (Å²) in [6.45, 7) is 0.341. The molecule has 1 heterocycles. The van der Waals surface area contributed by atoms with E-state index in [4.69, 9.17) is 0 Å². The van der Waals surface area contributed by atoms with Crippen LogP contribution in [0.15, 0.2) is 59.5 Å². The molecule has 0 saturated carbocycles. The van der Waals surface area contributed by atoms with E-state index >= 15 is 0 Å². The number of aromatic amines is 1. The van der Waals surface area contributed by atoms with Gasteiger partial charge in [-0.25, -0.2) is 0 Å². The van der Waals surface area contributed by atoms with Crippen molar-refractivity contribution < 1.29 is 18.0 Å². The van der Waals surface area contributed by atoms with E-state index in [1.54, 1.807) is 0 Å². The van der Waals surface area contributed by atoms with Crippen molar-refractivity contribution in [2.24, 2.45) is 0 Å². The zero-order chi connectivity index (χ0) is 18.7. The molecule has 0 unspecified atom stereocenters. The minimum atomic E-state index is -4.50. The average molecular weight is 360 g/mol. The largest absolute Gasteiger partial charge is 0.416 e. The molecule has 0 bridgehead atoms. The van der Waals surface area contributed by atoms with Crippen LogP contribution < -0.4 is 10.7 Å². The number of carbonyl (C=O) groups excluding carboxylic acids is 1. The Labute approximate surface area is 146 Å².